The van der Waals surface area contributed by atoms with E-state index in [1.54, 1.807) is 36.1 Å². The molecule has 0 fully saturated rings. The Kier molecular flexibility index (Phi) is 7.30. The fourth-order valence-electron chi connectivity index (χ4n) is 2.88. The summed E-state index contributed by atoms with van der Waals surface area (Å²) in [4.78, 5) is 24.5. The summed E-state index contributed by atoms with van der Waals surface area (Å²) < 4.78 is 13.4. The Bertz CT molecular complexity index is 1080. The molecule has 0 spiro atoms. The normalized spacial score (nSPS) is 10.5. The van der Waals surface area contributed by atoms with Crippen molar-refractivity contribution in [1.82, 2.24) is 4.57 Å². The minimum Gasteiger partial charge on any atom is -0.493 e. The quantitative estimate of drug-likeness (QED) is 0.517. The monoisotopic (exact) mass is 470 g/mol. The number of nitrogens with one attached hydrogen (secondary N) is 1. The summed E-state index contributed by atoms with van der Waals surface area (Å²) in [6, 6.07) is 15.8. The Labute approximate surface area is 183 Å². The molecule has 0 aliphatic heterocycles. The molecular weight excluding hydrogens is 448 g/mol. The van der Waals surface area contributed by atoms with Gasteiger partial charge < -0.3 is 19.4 Å². The standard InChI is InChI=1S/C23H23BrN2O4/c1-3-12-30-22-19(24)13-17(14-20(22)29-2)23(28)25-18-9-7-16(8-10-18)15-26-11-5-4-6-21(26)27/h4-11,13-14H,3,12,15H2,1-2H3,(H,25,28). The fraction of sp³-hybridized carbons (Fsp3) is 0.217. The van der Waals surface area contributed by atoms with Crippen LogP contribution >= 0.6 is 15.9 Å². The van der Waals surface area contributed by atoms with E-state index >= 15 is 0 Å². The third-order valence-electron chi connectivity index (χ3n) is 4.41. The number of rotatable bonds is 8. The number of ether oxygens (including phenoxy) is 2. The van der Waals surface area contributed by atoms with Crippen LogP contribution in [0.2, 0.25) is 0 Å². The van der Waals surface area contributed by atoms with Crippen molar-refractivity contribution in [2.45, 2.75) is 19.9 Å². The summed E-state index contributed by atoms with van der Waals surface area (Å²) in [6.07, 6.45) is 2.61. The third-order valence-corrected chi connectivity index (χ3v) is 4.99. The lowest BCUT2D eigenvalue weighted by atomic mass is 10.1. The van der Waals surface area contributed by atoms with E-state index in [0.717, 1.165) is 12.0 Å². The number of carbonyl (C=O) groups excluding carboxylic acids is 1. The molecule has 1 amide bonds. The minimum absolute atomic E-state index is 0.0548. The first-order chi connectivity index (χ1) is 14.5. The largest absolute Gasteiger partial charge is 0.493 e. The van der Waals surface area contributed by atoms with Crippen molar-refractivity contribution in [3.05, 3.63) is 86.7 Å². The maximum absolute atomic E-state index is 12.7. The Hall–Kier alpha value is -3.06. The van der Waals surface area contributed by atoms with E-state index in [1.807, 2.05) is 37.3 Å². The molecular formula is C23H23BrN2O4. The van der Waals surface area contributed by atoms with E-state index in [-0.39, 0.29) is 11.5 Å². The van der Waals surface area contributed by atoms with E-state index in [1.165, 1.54) is 6.07 Å². The Morgan fingerprint density at radius 3 is 2.57 bits per heavy atom. The summed E-state index contributed by atoms with van der Waals surface area (Å²) in [7, 11) is 1.54. The second-order valence-electron chi connectivity index (χ2n) is 6.66. The van der Waals surface area contributed by atoms with Crippen LogP contribution in [-0.4, -0.2) is 24.2 Å². The van der Waals surface area contributed by atoms with Gasteiger partial charge in [0.05, 0.1) is 24.7 Å². The van der Waals surface area contributed by atoms with Crippen molar-refractivity contribution < 1.29 is 14.3 Å². The predicted molar refractivity (Wildman–Crippen MR) is 121 cm³/mol. The van der Waals surface area contributed by atoms with Crippen LogP contribution in [-0.2, 0) is 6.54 Å². The first kappa shape index (κ1) is 21.6. The zero-order valence-electron chi connectivity index (χ0n) is 16.9. The molecule has 1 heterocycles. The zero-order chi connectivity index (χ0) is 21.5. The zero-order valence-corrected chi connectivity index (χ0v) is 18.4. The number of carbonyl (C=O) groups is 1. The predicted octanol–water partition coefficient (Wildman–Crippen LogP) is 4.71. The van der Waals surface area contributed by atoms with Crippen LogP contribution in [0, 0.1) is 0 Å². The highest BCUT2D eigenvalue weighted by Crippen LogP contribution is 2.37. The van der Waals surface area contributed by atoms with Crippen LogP contribution in [0.25, 0.3) is 0 Å². The molecule has 30 heavy (non-hydrogen) atoms. The van der Waals surface area contributed by atoms with Gasteiger partial charge in [0, 0.05) is 23.5 Å². The Morgan fingerprint density at radius 2 is 1.90 bits per heavy atom. The molecule has 0 saturated carbocycles. The van der Waals surface area contributed by atoms with Crippen molar-refractivity contribution in [2.24, 2.45) is 0 Å². The number of hydrogen-bond acceptors (Lipinski definition) is 4. The number of anilines is 1. The van der Waals surface area contributed by atoms with Crippen LogP contribution in [0.3, 0.4) is 0 Å². The van der Waals surface area contributed by atoms with Crippen LogP contribution in [0.5, 0.6) is 11.5 Å². The molecule has 3 rings (SSSR count). The van der Waals surface area contributed by atoms with Gasteiger partial charge in [0.1, 0.15) is 0 Å². The van der Waals surface area contributed by atoms with Crippen LogP contribution in [0.1, 0.15) is 29.3 Å². The number of halogens is 1. The van der Waals surface area contributed by atoms with E-state index in [9.17, 15) is 9.59 Å². The topological polar surface area (TPSA) is 69.6 Å². The lowest BCUT2D eigenvalue weighted by Crippen LogP contribution is -2.18. The van der Waals surface area contributed by atoms with Crippen LogP contribution in [0.15, 0.2) is 70.1 Å². The molecule has 0 atom stereocenters. The second kappa shape index (κ2) is 10.1. The molecule has 0 saturated heterocycles. The van der Waals surface area contributed by atoms with Crippen molar-refractivity contribution in [2.75, 3.05) is 19.0 Å². The van der Waals surface area contributed by atoms with Crippen molar-refractivity contribution in [3.8, 4) is 11.5 Å². The number of hydrogen-bond donors (Lipinski definition) is 1. The van der Waals surface area contributed by atoms with E-state index in [0.29, 0.717) is 40.4 Å². The maximum Gasteiger partial charge on any atom is 0.255 e. The Morgan fingerprint density at radius 1 is 1.13 bits per heavy atom. The molecule has 1 N–H and O–H groups in total. The van der Waals surface area contributed by atoms with Crippen molar-refractivity contribution in [1.29, 1.82) is 0 Å². The van der Waals surface area contributed by atoms with Gasteiger partial charge in [0.15, 0.2) is 11.5 Å². The number of amides is 1. The number of benzene rings is 2. The van der Waals surface area contributed by atoms with Gasteiger partial charge in [-0.25, -0.2) is 0 Å². The maximum atomic E-state index is 12.7. The van der Waals surface area contributed by atoms with Gasteiger partial charge in [-0.05, 0) is 58.2 Å². The number of pyridine rings is 1. The summed E-state index contributed by atoms with van der Waals surface area (Å²) >= 11 is 3.46. The average Bonchev–Trinajstić information content (AvgIpc) is 2.75. The smallest absolute Gasteiger partial charge is 0.255 e. The van der Waals surface area contributed by atoms with E-state index < -0.39 is 0 Å². The highest BCUT2D eigenvalue weighted by Gasteiger charge is 2.16. The molecule has 2 aromatic carbocycles. The number of aromatic nitrogens is 1. The van der Waals surface area contributed by atoms with Crippen molar-refractivity contribution >= 4 is 27.5 Å². The van der Waals surface area contributed by atoms with Crippen LogP contribution in [0.4, 0.5) is 5.69 Å². The lowest BCUT2D eigenvalue weighted by Gasteiger charge is -2.14. The molecule has 156 valence electrons. The fourth-order valence-corrected chi connectivity index (χ4v) is 3.44. The SMILES string of the molecule is CCCOc1c(Br)cc(C(=O)Nc2ccc(Cn3ccccc3=O)cc2)cc1OC. The minimum atomic E-state index is -0.261. The van der Waals surface area contributed by atoms with Gasteiger partial charge in [-0.1, -0.05) is 25.1 Å². The van der Waals surface area contributed by atoms with E-state index in [2.05, 4.69) is 21.2 Å². The van der Waals surface area contributed by atoms with Gasteiger partial charge >= 0.3 is 0 Å². The van der Waals surface area contributed by atoms with Gasteiger partial charge in [-0.3, -0.25) is 9.59 Å². The highest BCUT2D eigenvalue weighted by atomic mass is 79.9. The molecule has 3 aromatic rings. The van der Waals surface area contributed by atoms with Gasteiger partial charge in [-0.15, -0.1) is 0 Å². The Balaban J connectivity index is 1.72. The molecule has 0 unspecified atom stereocenters. The first-order valence-corrected chi connectivity index (χ1v) is 10.4. The van der Waals surface area contributed by atoms with Gasteiger partial charge in [0.2, 0.25) is 0 Å². The number of nitrogens with zero attached hydrogens (tertiary/aromatic N) is 1. The highest BCUT2D eigenvalue weighted by molar-refractivity contribution is 9.10. The average molecular weight is 471 g/mol. The molecule has 0 aliphatic carbocycles. The summed E-state index contributed by atoms with van der Waals surface area (Å²) in [5.41, 5.74) is 2.01. The molecule has 6 nitrogen and oxygen atoms in total. The molecule has 0 aliphatic rings. The second-order valence-corrected chi connectivity index (χ2v) is 7.51. The molecule has 1 aromatic heterocycles. The summed E-state index contributed by atoms with van der Waals surface area (Å²) in [5, 5.41) is 2.88. The van der Waals surface area contributed by atoms with Gasteiger partial charge in [0.25, 0.3) is 11.5 Å². The van der Waals surface area contributed by atoms with Crippen LogP contribution < -0.4 is 20.3 Å². The third kappa shape index (κ3) is 5.30. The summed E-state index contributed by atoms with van der Waals surface area (Å²) in [5.74, 6) is 0.811. The lowest BCUT2D eigenvalue weighted by molar-refractivity contribution is 0.102. The molecule has 7 heteroatoms. The first-order valence-electron chi connectivity index (χ1n) is 9.58. The molecule has 0 bridgehead atoms. The summed E-state index contributed by atoms with van der Waals surface area (Å²) in [6.45, 7) is 3.05. The van der Waals surface area contributed by atoms with Gasteiger partial charge in [-0.2, -0.15) is 0 Å². The van der Waals surface area contributed by atoms with Crippen molar-refractivity contribution in [3.63, 3.8) is 0 Å². The van der Waals surface area contributed by atoms with E-state index in [4.69, 9.17) is 9.47 Å². The number of methoxy groups -OCH3 is 1. The molecule has 0 radical (unpaired) electrons.